The van der Waals surface area contributed by atoms with Gasteiger partial charge in [0.05, 0.1) is 6.54 Å². The zero-order valence-electron chi connectivity index (χ0n) is 14.1. The molecule has 2 heterocycles. The third kappa shape index (κ3) is 5.27. The number of thioether (sulfide) groups is 1. The number of rotatable bonds is 4. The summed E-state index contributed by atoms with van der Waals surface area (Å²) in [5.41, 5.74) is -0.836. The van der Waals surface area contributed by atoms with E-state index in [1.54, 1.807) is 0 Å². The van der Waals surface area contributed by atoms with Crippen molar-refractivity contribution in [2.24, 2.45) is 10.9 Å². The Morgan fingerprint density at radius 2 is 2.25 bits per heavy atom. The van der Waals surface area contributed by atoms with Crippen molar-refractivity contribution in [3.05, 3.63) is 16.1 Å². The van der Waals surface area contributed by atoms with Crippen molar-refractivity contribution in [1.29, 1.82) is 0 Å². The van der Waals surface area contributed by atoms with Gasteiger partial charge in [0.1, 0.15) is 5.01 Å². The van der Waals surface area contributed by atoms with Gasteiger partial charge in [-0.3, -0.25) is 0 Å². The fraction of sp³-hybridized carbons (Fsp3) is 0.733. The average molecular weight is 381 g/mol. The van der Waals surface area contributed by atoms with Crippen molar-refractivity contribution in [3.63, 3.8) is 0 Å². The maximum absolute atomic E-state index is 12.6. The summed E-state index contributed by atoms with van der Waals surface area (Å²) in [7, 11) is 0. The molecule has 0 aliphatic carbocycles. The van der Waals surface area contributed by atoms with Crippen molar-refractivity contribution in [1.82, 2.24) is 15.2 Å². The lowest BCUT2D eigenvalue weighted by molar-refractivity contribution is -0.140. The number of thiazole rings is 1. The molecule has 0 saturated carbocycles. The van der Waals surface area contributed by atoms with Gasteiger partial charge in [-0.2, -0.15) is 24.9 Å². The lowest BCUT2D eigenvalue weighted by Gasteiger charge is -2.36. The predicted molar refractivity (Wildman–Crippen MR) is 94.6 cm³/mol. The van der Waals surface area contributed by atoms with E-state index in [1.807, 2.05) is 18.7 Å². The van der Waals surface area contributed by atoms with E-state index in [9.17, 15) is 13.2 Å². The van der Waals surface area contributed by atoms with Crippen LogP contribution < -0.4 is 5.32 Å². The van der Waals surface area contributed by atoms with Gasteiger partial charge in [-0.05, 0) is 12.8 Å². The highest BCUT2D eigenvalue weighted by molar-refractivity contribution is 8.00. The molecule has 1 aromatic rings. The molecular weight excluding hydrogens is 357 g/mol. The van der Waals surface area contributed by atoms with Crippen LogP contribution in [0.4, 0.5) is 13.2 Å². The maximum atomic E-state index is 12.6. The second-order valence-corrected chi connectivity index (χ2v) is 8.18. The van der Waals surface area contributed by atoms with Crippen LogP contribution in [0.2, 0.25) is 0 Å². The summed E-state index contributed by atoms with van der Waals surface area (Å²) in [4.78, 5) is 10.3. The second-order valence-electron chi connectivity index (χ2n) is 5.89. The number of alkyl halides is 3. The Hall–Kier alpha value is -0.960. The molecule has 24 heavy (non-hydrogen) atoms. The molecule has 1 N–H and O–H groups in total. The van der Waals surface area contributed by atoms with E-state index in [4.69, 9.17) is 0 Å². The molecule has 9 heteroatoms. The number of aliphatic imine (C=N–C) groups is 1. The average Bonchev–Trinajstić information content (AvgIpc) is 3.00. The Morgan fingerprint density at radius 3 is 2.83 bits per heavy atom. The number of hydrogen-bond donors (Lipinski definition) is 1. The van der Waals surface area contributed by atoms with E-state index in [2.05, 4.69) is 34.0 Å². The first-order chi connectivity index (χ1) is 11.3. The smallest absolute Gasteiger partial charge is 0.357 e. The lowest BCUT2D eigenvalue weighted by Crippen LogP contribution is -2.49. The monoisotopic (exact) mass is 380 g/mol. The van der Waals surface area contributed by atoms with Gasteiger partial charge in [0, 0.05) is 36.0 Å². The zero-order chi connectivity index (χ0) is 17.7. The standard InChI is InChI=1S/C15H23F3N4S2/c1-4-19-14(22-5-6-23-11(8-22)10(2)3)20-7-13-21-12(9-24-13)15(16,17)18/h9-11H,4-8H2,1-3H3,(H,19,20). The Balaban J connectivity index is 2.06. The van der Waals surface area contributed by atoms with Gasteiger partial charge in [0.25, 0.3) is 0 Å². The van der Waals surface area contributed by atoms with E-state index < -0.39 is 11.9 Å². The summed E-state index contributed by atoms with van der Waals surface area (Å²) in [6.07, 6.45) is -4.39. The molecule has 1 aliphatic rings. The largest absolute Gasteiger partial charge is 0.434 e. The highest BCUT2D eigenvalue weighted by atomic mass is 32.2. The maximum Gasteiger partial charge on any atom is 0.434 e. The Morgan fingerprint density at radius 1 is 1.50 bits per heavy atom. The topological polar surface area (TPSA) is 40.5 Å². The van der Waals surface area contributed by atoms with Crippen LogP contribution in [0.3, 0.4) is 0 Å². The number of nitrogens with one attached hydrogen (secondary N) is 1. The highest BCUT2D eigenvalue weighted by Gasteiger charge is 2.33. The van der Waals surface area contributed by atoms with Crippen LogP contribution in [0.5, 0.6) is 0 Å². The van der Waals surface area contributed by atoms with Crippen molar-refractivity contribution < 1.29 is 13.2 Å². The van der Waals surface area contributed by atoms with Crippen LogP contribution in [0.1, 0.15) is 31.5 Å². The minimum atomic E-state index is -4.39. The number of halogens is 3. The normalized spacial score (nSPS) is 19.9. The Kier molecular flexibility index (Phi) is 6.79. The van der Waals surface area contributed by atoms with E-state index in [0.717, 1.165) is 48.1 Å². The SMILES string of the molecule is CCNC(=NCc1nc(C(F)(F)F)cs1)N1CCSC(C(C)C)C1. The number of hydrogen-bond acceptors (Lipinski definition) is 4. The van der Waals surface area contributed by atoms with Gasteiger partial charge in [0.2, 0.25) is 0 Å². The van der Waals surface area contributed by atoms with Gasteiger partial charge in [-0.15, -0.1) is 11.3 Å². The molecule has 0 spiro atoms. The molecule has 1 aromatic heterocycles. The molecule has 1 aliphatic heterocycles. The number of aromatic nitrogens is 1. The third-order valence-corrected chi connectivity index (χ3v) is 6.05. The summed E-state index contributed by atoms with van der Waals surface area (Å²) in [6.45, 7) is 9.09. The molecule has 0 radical (unpaired) electrons. The van der Waals surface area contributed by atoms with Gasteiger partial charge >= 0.3 is 6.18 Å². The molecular formula is C15H23F3N4S2. The van der Waals surface area contributed by atoms with Crippen molar-refractivity contribution in [2.45, 2.75) is 38.7 Å². The first-order valence-corrected chi connectivity index (χ1v) is 9.90. The fourth-order valence-electron chi connectivity index (χ4n) is 2.35. The molecule has 0 aromatic carbocycles. The zero-order valence-corrected chi connectivity index (χ0v) is 15.7. The molecule has 2 rings (SSSR count). The lowest BCUT2D eigenvalue weighted by atomic mass is 10.1. The molecule has 0 amide bonds. The minimum absolute atomic E-state index is 0.166. The number of nitrogens with zero attached hydrogens (tertiary/aromatic N) is 3. The molecule has 1 fully saturated rings. The van der Waals surface area contributed by atoms with E-state index >= 15 is 0 Å². The molecule has 4 nitrogen and oxygen atoms in total. The third-order valence-electron chi connectivity index (χ3n) is 3.68. The quantitative estimate of drug-likeness (QED) is 0.639. The first-order valence-electron chi connectivity index (χ1n) is 7.97. The van der Waals surface area contributed by atoms with Gasteiger partial charge in [-0.25, -0.2) is 9.98 Å². The summed E-state index contributed by atoms with van der Waals surface area (Å²) < 4.78 is 37.8. The van der Waals surface area contributed by atoms with E-state index in [0.29, 0.717) is 16.2 Å². The molecule has 1 unspecified atom stereocenters. The van der Waals surface area contributed by atoms with Crippen LogP contribution in [0, 0.1) is 5.92 Å². The van der Waals surface area contributed by atoms with Gasteiger partial charge < -0.3 is 10.2 Å². The van der Waals surface area contributed by atoms with Gasteiger partial charge in [-0.1, -0.05) is 13.8 Å². The van der Waals surface area contributed by atoms with Crippen LogP contribution in [0.15, 0.2) is 10.4 Å². The van der Waals surface area contributed by atoms with Crippen molar-refractivity contribution >= 4 is 29.1 Å². The Labute approximate surface area is 148 Å². The van der Waals surface area contributed by atoms with Crippen LogP contribution >= 0.6 is 23.1 Å². The van der Waals surface area contributed by atoms with E-state index in [1.165, 1.54) is 0 Å². The Bertz CT molecular complexity index is 557. The molecule has 0 bridgehead atoms. The fourth-order valence-corrected chi connectivity index (χ4v) is 4.38. The van der Waals surface area contributed by atoms with Crippen LogP contribution in [-0.4, -0.2) is 46.5 Å². The second kappa shape index (κ2) is 8.42. The molecule has 1 saturated heterocycles. The minimum Gasteiger partial charge on any atom is -0.357 e. The number of guanidine groups is 1. The molecule has 136 valence electrons. The summed E-state index contributed by atoms with van der Waals surface area (Å²) in [5.74, 6) is 2.36. The summed E-state index contributed by atoms with van der Waals surface area (Å²) in [6, 6.07) is 0. The molecule has 1 atom stereocenters. The van der Waals surface area contributed by atoms with Crippen LogP contribution in [0.25, 0.3) is 0 Å². The summed E-state index contributed by atoms with van der Waals surface area (Å²) >= 11 is 2.97. The first kappa shape index (κ1) is 19.4. The van der Waals surface area contributed by atoms with Crippen molar-refractivity contribution in [2.75, 3.05) is 25.4 Å². The highest BCUT2D eigenvalue weighted by Crippen LogP contribution is 2.30. The van der Waals surface area contributed by atoms with Crippen LogP contribution in [-0.2, 0) is 12.7 Å². The van der Waals surface area contributed by atoms with Gasteiger partial charge in [0.15, 0.2) is 11.7 Å². The predicted octanol–water partition coefficient (Wildman–Crippen LogP) is 3.70. The van der Waals surface area contributed by atoms with Crippen molar-refractivity contribution in [3.8, 4) is 0 Å². The summed E-state index contributed by atoms with van der Waals surface area (Å²) in [5, 5.41) is 5.21. The van der Waals surface area contributed by atoms with E-state index in [-0.39, 0.29) is 6.54 Å².